The first-order valence-corrected chi connectivity index (χ1v) is 20.1. The Morgan fingerprint density at radius 1 is 0.541 bits per heavy atom. The molecule has 1 aliphatic heterocycles. The molecule has 2 aliphatic carbocycles. The molecule has 0 spiro atoms. The number of hydrogen-bond acceptors (Lipinski definition) is 0. The van der Waals surface area contributed by atoms with Crippen molar-refractivity contribution in [3.8, 4) is 0 Å². The second-order valence-electron chi connectivity index (χ2n) is 11.5. The fourth-order valence-corrected chi connectivity index (χ4v) is 25.0. The van der Waals surface area contributed by atoms with Crippen LogP contribution in [0.4, 0.5) is 0 Å². The summed E-state index contributed by atoms with van der Waals surface area (Å²) in [5.41, 5.74) is 15.8. The number of hydrogen-bond donors (Lipinski definition) is 0. The standard InChI is InChI=1S/C22H20.2C7H7.Zr/c1-15-5-3-7-19-11-17(13-21(15)19)9-10-18-12-20-8-4-6-16(2)22(20)14-18;2*1-7-5-3-2-4-6-7;/h3-8,11-14H,9-10H2,1-2H3;2*2-6H,1H2;. The van der Waals surface area contributed by atoms with E-state index in [0.29, 0.717) is 7.25 Å². The fourth-order valence-electron chi connectivity index (χ4n) is 7.91. The van der Waals surface area contributed by atoms with Gasteiger partial charge in [0.2, 0.25) is 0 Å². The van der Waals surface area contributed by atoms with Gasteiger partial charge in [-0.3, -0.25) is 0 Å². The molecule has 0 saturated carbocycles. The van der Waals surface area contributed by atoms with Crippen LogP contribution in [0.2, 0.25) is 0 Å². The van der Waals surface area contributed by atoms with Crippen molar-refractivity contribution in [1.29, 1.82) is 0 Å². The molecule has 37 heavy (non-hydrogen) atoms. The molecule has 3 aliphatic rings. The quantitative estimate of drug-likeness (QED) is 0.235. The van der Waals surface area contributed by atoms with Gasteiger partial charge in [-0.25, -0.2) is 0 Å². The first-order chi connectivity index (χ1) is 18.1. The van der Waals surface area contributed by atoms with Gasteiger partial charge in [-0.2, -0.15) is 0 Å². The van der Waals surface area contributed by atoms with Crippen LogP contribution in [0, 0.1) is 13.8 Å². The summed E-state index contributed by atoms with van der Waals surface area (Å²) in [4.78, 5) is 0. The zero-order valence-electron chi connectivity index (χ0n) is 21.9. The third kappa shape index (κ3) is 3.81. The van der Waals surface area contributed by atoms with E-state index in [1.165, 1.54) is 54.5 Å². The van der Waals surface area contributed by atoms with Crippen molar-refractivity contribution >= 4 is 12.2 Å². The molecular formula is C36H34Zr. The summed E-state index contributed by atoms with van der Waals surface area (Å²) in [6.45, 7) is 4.62. The molecule has 1 saturated heterocycles. The molecule has 1 fully saturated rings. The van der Waals surface area contributed by atoms with E-state index in [9.17, 15) is 0 Å². The van der Waals surface area contributed by atoms with Crippen molar-refractivity contribution in [3.05, 3.63) is 153 Å². The van der Waals surface area contributed by atoms with Crippen molar-refractivity contribution < 1.29 is 20.3 Å². The van der Waals surface area contributed by atoms with E-state index in [1.807, 2.05) is 0 Å². The van der Waals surface area contributed by atoms with Gasteiger partial charge in [0.05, 0.1) is 0 Å². The van der Waals surface area contributed by atoms with Crippen molar-refractivity contribution in [2.24, 2.45) is 0 Å². The molecule has 0 radical (unpaired) electrons. The van der Waals surface area contributed by atoms with Crippen molar-refractivity contribution in [2.75, 3.05) is 0 Å². The van der Waals surface area contributed by atoms with Gasteiger partial charge < -0.3 is 0 Å². The van der Waals surface area contributed by atoms with Crippen LogP contribution in [0.3, 0.4) is 0 Å². The zero-order chi connectivity index (χ0) is 25.0. The van der Waals surface area contributed by atoms with Crippen LogP contribution in [0.5, 0.6) is 0 Å². The minimum absolute atomic E-state index is 0.618. The summed E-state index contributed by atoms with van der Waals surface area (Å²) < 4.78 is 3.78. The molecule has 2 unspecified atom stereocenters. The number of rotatable bonds is 4. The summed E-state index contributed by atoms with van der Waals surface area (Å²) in [7, 11) is 0. The summed E-state index contributed by atoms with van der Waals surface area (Å²) in [5, 5.41) is 0. The first kappa shape index (κ1) is 23.4. The van der Waals surface area contributed by atoms with E-state index in [1.54, 1.807) is 22.3 Å². The van der Waals surface area contributed by atoms with Gasteiger partial charge in [-0.1, -0.05) is 0 Å². The van der Waals surface area contributed by atoms with Crippen LogP contribution in [0.25, 0.3) is 12.2 Å². The fraction of sp³-hybridized carbons (Fsp3) is 0.222. The average molecular weight is 558 g/mol. The summed E-state index contributed by atoms with van der Waals surface area (Å²) in [6.07, 6.45) is 7.65. The molecule has 0 amide bonds. The summed E-state index contributed by atoms with van der Waals surface area (Å²) in [5.74, 6) is 0. The molecule has 4 aromatic rings. The molecule has 0 bridgehead atoms. The maximum atomic E-state index is 2.62. The molecule has 0 nitrogen and oxygen atoms in total. The van der Waals surface area contributed by atoms with Crippen molar-refractivity contribution in [3.63, 3.8) is 0 Å². The average Bonchev–Trinajstić information content (AvgIpc) is 3.46. The van der Waals surface area contributed by atoms with E-state index in [2.05, 4.69) is 123 Å². The van der Waals surface area contributed by atoms with Crippen LogP contribution in [0.1, 0.15) is 64.6 Å². The Morgan fingerprint density at radius 2 is 0.973 bits per heavy atom. The summed E-state index contributed by atoms with van der Waals surface area (Å²) in [6, 6.07) is 37.2. The Labute approximate surface area is 226 Å². The van der Waals surface area contributed by atoms with Crippen LogP contribution >= 0.6 is 0 Å². The van der Waals surface area contributed by atoms with Gasteiger partial charge in [-0.15, -0.1) is 0 Å². The van der Waals surface area contributed by atoms with Crippen molar-refractivity contribution in [1.82, 2.24) is 0 Å². The number of allylic oxidation sites excluding steroid dienone is 2. The van der Waals surface area contributed by atoms with Crippen LogP contribution in [-0.2, 0) is 28.5 Å². The second kappa shape index (κ2) is 9.21. The molecule has 4 aromatic carbocycles. The Morgan fingerprint density at radius 3 is 1.41 bits per heavy atom. The Hall–Kier alpha value is -2.76. The monoisotopic (exact) mass is 556 g/mol. The predicted molar refractivity (Wildman–Crippen MR) is 153 cm³/mol. The molecular weight excluding hydrogens is 524 g/mol. The topological polar surface area (TPSA) is 0 Å². The van der Waals surface area contributed by atoms with Crippen LogP contribution in [-0.4, -0.2) is 0 Å². The van der Waals surface area contributed by atoms with E-state index in [-0.39, 0.29) is 0 Å². The first-order valence-electron chi connectivity index (χ1n) is 13.8. The number of aryl methyl sites for hydroxylation is 2. The van der Waals surface area contributed by atoms with E-state index < -0.39 is 20.3 Å². The SMILES string of the molecule is Cc1cccc2c1C=C1CCC3=Cc4c(C)cccc4[CH]3[Zr]([CH2]c3ccccc3)([CH2]c3ccccc3)[CH]12. The van der Waals surface area contributed by atoms with Gasteiger partial charge in [0.1, 0.15) is 0 Å². The second-order valence-corrected chi connectivity index (χ2v) is 22.2. The van der Waals surface area contributed by atoms with Crippen molar-refractivity contribution in [2.45, 2.75) is 42.2 Å². The van der Waals surface area contributed by atoms with Crippen LogP contribution < -0.4 is 0 Å². The molecule has 0 N–H and O–H groups in total. The van der Waals surface area contributed by atoms with E-state index >= 15 is 0 Å². The van der Waals surface area contributed by atoms with Gasteiger partial charge in [0.15, 0.2) is 0 Å². The normalized spacial score (nSPS) is 20.7. The van der Waals surface area contributed by atoms with Crippen LogP contribution in [0.15, 0.2) is 108 Å². The Kier molecular flexibility index (Phi) is 5.82. The van der Waals surface area contributed by atoms with Gasteiger partial charge in [0, 0.05) is 0 Å². The molecule has 1 heterocycles. The minimum atomic E-state index is -3.27. The number of fused-ring (bicyclic) bond motifs is 6. The Bertz CT molecular complexity index is 1420. The molecule has 182 valence electrons. The molecule has 1 heteroatoms. The molecule has 7 rings (SSSR count). The zero-order valence-corrected chi connectivity index (χ0v) is 24.3. The van der Waals surface area contributed by atoms with Gasteiger partial charge in [0.25, 0.3) is 0 Å². The third-order valence-electron chi connectivity index (χ3n) is 9.34. The summed E-state index contributed by atoms with van der Waals surface area (Å²) >= 11 is -3.27. The van der Waals surface area contributed by atoms with E-state index in [4.69, 9.17) is 0 Å². The molecule has 2 atom stereocenters. The maximum absolute atomic E-state index is 3.27. The predicted octanol–water partition coefficient (Wildman–Crippen LogP) is 9.23. The van der Waals surface area contributed by atoms with E-state index in [0.717, 1.165) is 0 Å². The van der Waals surface area contributed by atoms with Gasteiger partial charge >= 0.3 is 227 Å². The third-order valence-corrected chi connectivity index (χ3v) is 23.6. The number of benzene rings is 4. The van der Waals surface area contributed by atoms with Gasteiger partial charge in [-0.05, 0) is 0 Å². The Balaban J connectivity index is 1.53. The molecule has 0 aromatic heterocycles.